The summed E-state index contributed by atoms with van der Waals surface area (Å²) < 4.78 is 45.3. The Kier molecular flexibility index (Phi) is 6.09. The van der Waals surface area contributed by atoms with Gasteiger partial charge >= 0.3 is 12.1 Å². The third-order valence-electron chi connectivity index (χ3n) is 4.33. The van der Waals surface area contributed by atoms with E-state index in [4.69, 9.17) is 4.74 Å². The van der Waals surface area contributed by atoms with Gasteiger partial charge in [0.2, 0.25) is 0 Å². The summed E-state index contributed by atoms with van der Waals surface area (Å²) >= 11 is 1.44. The van der Waals surface area contributed by atoms with E-state index in [2.05, 4.69) is 4.98 Å². The lowest BCUT2D eigenvalue weighted by Gasteiger charge is -2.15. The third-order valence-corrected chi connectivity index (χ3v) is 5.32. The van der Waals surface area contributed by atoms with Crippen molar-refractivity contribution in [1.82, 2.24) is 4.98 Å². The number of alkyl halides is 3. The fourth-order valence-corrected chi connectivity index (χ4v) is 3.94. The SMILES string of the molecule is Cc1ccc(CC(O)C(=O)OCCc2csc3cc(O)ccc23)c(C(F)(F)F)n1. The van der Waals surface area contributed by atoms with E-state index >= 15 is 0 Å². The van der Waals surface area contributed by atoms with E-state index in [1.807, 2.05) is 5.38 Å². The monoisotopic (exact) mass is 425 g/mol. The highest BCUT2D eigenvalue weighted by molar-refractivity contribution is 7.17. The van der Waals surface area contributed by atoms with Crippen LogP contribution in [0.15, 0.2) is 35.7 Å². The van der Waals surface area contributed by atoms with Crippen LogP contribution in [0.25, 0.3) is 10.1 Å². The molecule has 5 nitrogen and oxygen atoms in total. The first kappa shape index (κ1) is 21.1. The molecule has 3 aromatic rings. The molecule has 2 heterocycles. The maximum Gasteiger partial charge on any atom is 0.433 e. The van der Waals surface area contributed by atoms with Crippen molar-refractivity contribution in [1.29, 1.82) is 0 Å². The van der Waals surface area contributed by atoms with Gasteiger partial charge in [0.25, 0.3) is 0 Å². The van der Waals surface area contributed by atoms with Gasteiger partial charge in [0, 0.05) is 23.2 Å². The average molecular weight is 425 g/mol. The molecule has 2 aromatic heterocycles. The lowest BCUT2D eigenvalue weighted by atomic mass is 10.1. The summed E-state index contributed by atoms with van der Waals surface area (Å²) in [7, 11) is 0. The molecule has 154 valence electrons. The van der Waals surface area contributed by atoms with Crippen molar-refractivity contribution in [2.45, 2.75) is 32.0 Å². The number of aliphatic hydroxyl groups is 1. The average Bonchev–Trinajstić information content (AvgIpc) is 3.04. The fourth-order valence-electron chi connectivity index (χ4n) is 2.91. The summed E-state index contributed by atoms with van der Waals surface area (Å²) in [6.45, 7) is 1.40. The Balaban J connectivity index is 1.60. The highest BCUT2D eigenvalue weighted by Crippen LogP contribution is 2.31. The van der Waals surface area contributed by atoms with Gasteiger partial charge in [0.05, 0.1) is 6.61 Å². The zero-order chi connectivity index (χ0) is 21.2. The minimum atomic E-state index is -4.68. The van der Waals surface area contributed by atoms with Gasteiger partial charge in [0.1, 0.15) is 11.4 Å². The number of ether oxygens (including phenoxy) is 1. The number of carbonyl (C=O) groups is 1. The molecule has 0 saturated carbocycles. The van der Waals surface area contributed by atoms with Gasteiger partial charge in [-0.1, -0.05) is 6.07 Å². The van der Waals surface area contributed by atoms with Gasteiger partial charge in [0.15, 0.2) is 6.10 Å². The molecule has 2 N–H and O–H groups in total. The molecule has 0 amide bonds. The molecule has 0 aliphatic heterocycles. The number of phenolic OH excluding ortho intramolecular Hbond substituents is 1. The summed E-state index contributed by atoms with van der Waals surface area (Å²) in [4.78, 5) is 15.5. The second-order valence-electron chi connectivity index (χ2n) is 6.54. The van der Waals surface area contributed by atoms with Crippen LogP contribution in [-0.2, 0) is 28.5 Å². The van der Waals surface area contributed by atoms with Crippen LogP contribution in [0.2, 0.25) is 0 Å². The minimum absolute atomic E-state index is 0.0269. The molecule has 0 radical (unpaired) electrons. The highest BCUT2D eigenvalue weighted by Gasteiger charge is 2.36. The van der Waals surface area contributed by atoms with Crippen molar-refractivity contribution in [2.75, 3.05) is 6.61 Å². The predicted molar refractivity (Wildman–Crippen MR) is 102 cm³/mol. The van der Waals surface area contributed by atoms with Crippen molar-refractivity contribution < 1.29 is 32.9 Å². The molecule has 3 rings (SSSR count). The molecule has 0 spiro atoms. The van der Waals surface area contributed by atoms with Crippen molar-refractivity contribution in [3.8, 4) is 5.75 Å². The number of halogens is 3. The second kappa shape index (κ2) is 8.38. The Bertz CT molecular complexity index is 1030. The topological polar surface area (TPSA) is 79.7 Å². The number of nitrogens with zero attached hydrogens (tertiary/aromatic N) is 1. The summed E-state index contributed by atoms with van der Waals surface area (Å²) in [5.41, 5.74) is -0.280. The number of pyridine rings is 1. The van der Waals surface area contributed by atoms with Crippen LogP contribution in [-0.4, -0.2) is 33.9 Å². The van der Waals surface area contributed by atoms with Crippen molar-refractivity contribution in [2.24, 2.45) is 0 Å². The molecular weight excluding hydrogens is 407 g/mol. The first-order valence-corrected chi connectivity index (χ1v) is 9.60. The standard InChI is InChI=1S/C20H18F3NO4S/c1-11-2-3-12(18(24-11)20(21,22)23)8-16(26)19(27)28-7-6-13-10-29-17-9-14(25)4-5-15(13)17/h2-5,9-10,16,25-26H,6-8H2,1H3. The second-order valence-corrected chi connectivity index (χ2v) is 7.45. The number of benzene rings is 1. The van der Waals surface area contributed by atoms with Gasteiger partial charge < -0.3 is 14.9 Å². The maximum atomic E-state index is 13.1. The van der Waals surface area contributed by atoms with E-state index in [1.165, 1.54) is 30.4 Å². The maximum absolute atomic E-state index is 13.1. The Labute approximate surface area is 168 Å². The Morgan fingerprint density at radius 2 is 2.00 bits per heavy atom. The van der Waals surface area contributed by atoms with Crippen LogP contribution < -0.4 is 0 Å². The van der Waals surface area contributed by atoms with E-state index in [9.17, 15) is 28.2 Å². The number of aromatic nitrogens is 1. The first-order chi connectivity index (χ1) is 13.6. The van der Waals surface area contributed by atoms with E-state index in [-0.39, 0.29) is 23.6 Å². The van der Waals surface area contributed by atoms with Gasteiger partial charge in [-0.2, -0.15) is 13.2 Å². The Morgan fingerprint density at radius 1 is 1.24 bits per heavy atom. The van der Waals surface area contributed by atoms with Crippen molar-refractivity contribution in [3.63, 3.8) is 0 Å². The number of phenols is 1. The van der Waals surface area contributed by atoms with E-state index in [1.54, 1.807) is 18.2 Å². The van der Waals surface area contributed by atoms with E-state index < -0.39 is 30.4 Å². The molecule has 0 bridgehead atoms. The summed E-state index contributed by atoms with van der Waals surface area (Å²) in [6.07, 6.45) is -6.57. The van der Waals surface area contributed by atoms with Crippen LogP contribution in [0.3, 0.4) is 0 Å². The molecule has 9 heteroatoms. The highest BCUT2D eigenvalue weighted by atomic mass is 32.1. The summed E-state index contributed by atoms with van der Waals surface area (Å²) in [5, 5.41) is 22.3. The number of aromatic hydroxyl groups is 1. The number of hydrogen-bond donors (Lipinski definition) is 2. The smallest absolute Gasteiger partial charge is 0.433 e. The molecular formula is C20H18F3NO4S. The quantitative estimate of drug-likeness (QED) is 0.584. The van der Waals surface area contributed by atoms with Gasteiger partial charge in [-0.15, -0.1) is 11.3 Å². The zero-order valence-electron chi connectivity index (χ0n) is 15.4. The van der Waals surface area contributed by atoms with Crippen molar-refractivity contribution >= 4 is 27.4 Å². The molecule has 0 saturated heterocycles. The van der Waals surface area contributed by atoms with Crippen LogP contribution in [0.5, 0.6) is 5.75 Å². The number of thiophene rings is 1. The zero-order valence-corrected chi connectivity index (χ0v) is 16.2. The van der Waals surface area contributed by atoms with Gasteiger partial charge in [-0.3, -0.25) is 0 Å². The van der Waals surface area contributed by atoms with E-state index in [0.717, 1.165) is 15.6 Å². The minimum Gasteiger partial charge on any atom is -0.508 e. The number of rotatable bonds is 6. The number of hydrogen-bond acceptors (Lipinski definition) is 6. The number of esters is 1. The molecule has 1 aromatic carbocycles. The third kappa shape index (κ3) is 5.04. The molecule has 0 aliphatic rings. The molecule has 1 atom stereocenters. The summed E-state index contributed by atoms with van der Waals surface area (Å²) in [5.74, 6) is -0.833. The molecule has 0 fully saturated rings. The normalized spacial score (nSPS) is 12.9. The molecule has 1 unspecified atom stereocenters. The predicted octanol–water partition coefficient (Wildman–Crippen LogP) is 4.02. The Morgan fingerprint density at radius 3 is 2.72 bits per heavy atom. The largest absolute Gasteiger partial charge is 0.508 e. The van der Waals surface area contributed by atoms with Crippen LogP contribution >= 0.6 is 11.3 Å². The Hall–Kier alpha value is -2.65. The van der Waals surface area contributed by atoms with E-state index in [0.29, 0.717) is 6.42 Å². The van der Waals surface area contributed by atoms with Crippen LogP contribution in [0, 0.1) is 6.92 Å². The summed E-state index contributed by atoms with van der Waals surface area (Å²) in [6, 6.07) is 7.54. The molecule has 0 aliphatic carbocycles. The molecule has 29 heavy (non-hydrogen) atoms. The first-order valence-electron chi connectivity index (χ1n) is 8.72. The lowest BCUT2D eigenvalue weighted by Crippen LogP contribution is -2.27. The number of aliphatic hydroxyl groups excluding tert-OH is 1. The number of fused-ring (bicyclic) bond motifs is 1. The van der Waals surface area contributed by atoms with Crippen LogP contribution in [0.1, 0.15) is 22.5 Å². The number of aryl methyl sites for hydroxylation is 1. The fraction of sp³-hybridized carbons (Fsp3) is 0.300. The number of carbonyl (C=O) groups excluding carboxylic acids is 1. The van der Waals surface area contributed by atoms with Crippen molar-refractivity contribution in [3.05, 3.63) is 58.2 Å². The van der Waals surface area contributed by atoms with Crippen LogP contribution in [0.4, 0.5) is 13.2 Å². The van der Waals surface area contributed by atoms with Gasteiger partial charge in [-0.25, -0.2) is 9.78 Å². The lowest BCUT2D eigenvalue weighted by molar-refractivity contribution is -0.154. The van der Waals surface area contributed by atoms with Gasteiger partial charge in [-0.05, 0) is 53.1 Å².